The van der Waals surface area contributed by atoms with Gasteiger partial charge in [0.1, 0.15) is 5.82 Å². The van der Waals surface area contributed by atoms with Crippen LogP contribution in [0.15, 0.2) is 79.0 Å². The maximum atomic E-state index is 13.7. The summed E-state index contributed by atoms with van der Waals surface area (Å²) < 4.78 is 13.4. The average molecular weight is 399 g/mol. The second-order valence-corrected chi connectivity index (χ2v) is 7.43. The molecule has 2 heterocycles. The van der Waals surface area contributed by atoms with Crippen molar-refractivity contribution in [3.8, 4) is 11.3 Å². The first kappa shape index (κ1) is 19.7. The fourth-order valence-corrected chi connectivity index (χ4v) is 3.43. The highest BCUT2D eigenvalue weighted by Gasteiger charge is 2.23. The summed E-state index contributed by atoms with van der Waals surface area (Å²) in [4.78, 5) is 24.5. The molecule has 4 aromatic rings. The molecule has 1 amide bonds. The van der Waals surface area contributed by atoms with Crippen molar-refractivity contribution in [1.29, 1.82) is 0 Å². The summed E-state index contributed by atoms with van der Waals surface area (Å²) in [6, 6.07) is 21.2. The number of para-hydroxylation sites is 1. The van der Waals surface area contributed by atoms with Gasteiger partial charge in [-0.15, -0.1) is 0 Å². The molecule has 2 aromatic heterocycles. The van der Waals surface area contributed by atoms with E-state index >= 15 is 0 Å². The number of carbonyl (C=O) groups excluding carboxylic acids is 1. The molecule has 0 saturated heterocycles. The van der Waals surface area contributed by atoms with Gasteiger partial charge in [0.05, 0.1) is 29.0 Å². The highest BCUT2D eigenvalue weighted by atomic mass is 19.1. The van der Waals surface area contributed by atoms with E-state index in [0.717, 1.165) is 22.2 Å². The minimum atomic E-state index is -0.308. The van der Waals surface area contributed by atoms with Gasteiger partial charge in [-0.1, -0.05) is 24.3 Å². The van der Waals surface area contributed by atoms with Gasteiger partial charge < -0.3 is 4.90 Å². The molecule has 2 aromatic carbocycles. The van der Waals surface area contributed by atoms with E-state index in [9.17, 15) is 9.18 Å². The Hall–Kier alpha value is -3.60. The number of amides is 1. The van der Waals surface area contributed by atoms with Crippen LogP contribution < -0.4 is 0 Å². The third-order valence-electron chi connectivity index (χ3n) is 5.03. The normalized spacial score (nSPS) is 11.1. The zero-order valence-electron chi connectivity index (χ0n) is 16.9. The molecule has 150 valence electrons. The molecule has 30 heavy (non-hydrogen) atoms. The molecule has 0 bridgehead atoms. The summed E-state index contributed by atoms with van der Waals surface area (Å²) in [6.45, 7) is 4.40. The van der Waals surface area contributed by atoms with E-state index in [0.29, 0.717) is 17.8 Å². The van der Waals surface area contributed by atoms with Gasteiger partial charge in [-0.25, -0.2) is 9.37 Å². The number of aromatic nitrogens is 2. The van der Waals surface area contributed by atoms with Crippen molar-refractivity contribution < 1.29 is 9.18 Å². The number of carbonyl (C=O) groups is 1. The molecule has 0 unspecified atom stereocenters. The number of fused-ring (bicyclic) bond motifs is 1. The number of benzene rings is 2. The van der Waals surface area contributed by atoms with Crippen LogP contribution >= 0.6 is 0 Å². The lowest BCUT2D eigenvalue weighted by Gasteiger charge is -2.27. The van der Waals surface area contributed by atoms with Crippen LogP contribution in [0.3, 0.4) is 0 Å². The molecular weight excluding hydrogens is 377 g/mol. The molecule has 0 spiro atoms. The molecule has 0 aliphatic carbocycles. The van der Waals surface area contributed by atoms with Gasteiger partial charge in [-0.05, 0) is 62.4 Å². The van der Waals surface area contributed by atoms with E-state index in [1.165, 1.54) is 12.1 Å². The number of nitrogens with zero attached hydrogens (tertiary/aromatic N) is 3. The predicted octanol–water partition coefficient (Wildman–Crippen LogP) is 5.49. The maximum absolute atomic E-state index is 13.7. The Morgan fingerprint density at radius 1 is 1.00 bits per heavy atom. The van der Waals surface area contributed by atoms with Crippen LogP contribution in [0.25, 0.3) is 22.2 Å². The summed E-state index contributed by atoms with van der Waals surface area (Å²) in [6.07, 6.45) is 1.73. The van der Waals surface area contributed by atoms with Gasteiger partial charge in [-0.3, -0.25) is 9.78 Å². The Morgan fingerprint density at radius 2 is 1.73 bits per heavy atom. The van der Waals surface area contributed by atoms with Crippen LogP contribution in [0, 0.1) is 5.82 Å². The molecule has 0 atom stereocenters. The molecule has 0 saturated carbocycles. The summed E-state index contributed by atoms with van der Waals surface area (Å²) in [5.74, 6) is -0.394. The minimum absolute atomic E-state index is 0.0132. The molecule has 4 nitrogen and oxygen atoms in total. The topological polar surface area (TPSA) is 46.1 Å². The zero-order valence-corrected chi connectivity index (χ0v) is 16.9. The van der Waals surface area contributed by atoms with Crippen LogP contribution in [0.1, 0.15) is 29.9 Å². The van der Waals surface area contributed by atoms with Crippen molar-refractivity contribution in [1.82, 2.24) is 14.9 Å². The lowest BCUT2D eigenvalue weighted by molar-refractivity contribution is 0.0690. The third kappa shape index (κ3) is 4.06. The van der Waals surface area contributed by atoms with Crippen LogP contribution in [0.4, 0.5) is 4.39 Å². The standard InChI is InChI=1S/C25H22FN3O/c1-17(2)29(16-20-7-5-6-14-27-20)25(30)22-15-24(18-10-12-19(26)13-11-18)28-23-9-4-3-8-21(22)23/h3-15,17H,16H2,1-2H3. The summed E-state index contributed by atoms with van der Waals surface area (Å²) in [7, 11) is 0. The largest absolute Gasteiger partial charge is 0.330 e. The molecule has 0 fully saturated rings. The molecule has 5 heteroatoms. The number of pyridine rings is 2. The van der Waals surface area contributed by atoms with E-state index in [4.69, 9.17) is 4.98 Å². The van der Waals surface area contributed by atoms with Crippen LogP contribution in [-0.4, -0.2) is 26.8 Å². The van der Waals surface area contributed by atoms with Gasteiger partial charge >= 0.3 is 0 Å². The Kier molecular flexibility index (Phi) is 5.53. The predicted molar refractivity (Wildman–Crippen MR) is 116 cm³/mol. The monoisotopic (exact) mass is 399 g/mol. The SMILES string of the molecule is CC(C)N(Cc1ccccn1)C(=O)c1cc(-c2ccc(F)cc2)nc2ccccc12. The highest BCUT2D eigenvalue weighted by molar-refractivity contribution is 6.07. The first-order valence-corrected chi connectivity index (χ1v) is 9.89. The molecule has 0 aliphatic heterocycles. The first-order chi connectivity index (χ1) is 14.5. The van der Waals surface area contributed by atoms with E-state index in [2.05, 4.69) is 4.98 Å². The number of hydrogen-bond donors (Lipinski definition) is 0. The van der Waals surface area contributed by atoms with Gasteiger partial charge in [0.25, 0.3) is 5.91 Å². The zero-order chi connectivity index (χ0) is 21.1. The smallest absolute Gasteiger partial charge is 0.255 e. The fourth-order valence-electron chi connectivity index (χ4n) is 3.43. The minimum Gasteiger partial charge on any atom is -0.330 e. The van der Waals surface area contributed by atoms with E-state index < -0.39 is 0 Å². The van der Waals surface area contributed by atoms with Crippen LogP contribution in [-0.2, 0) is 6.54 Å². The van der Waals surface area contributed by atoms with Crippen LogP contribution in [0.2, 0.25) is 0 Å². The van der Waals surface area contributed by atoms with Gasteiger partial charge in [0.2, 0.25) is 0 Å². The number of hydrogen-bond acceptors (Lipinski definition) is 3. The maximum Gasteiger partial charge on any atom is 0.255 e. The van der Waals surface area contributed by atoms with Crippen LogP contribution in [0.5, 0.6) is 0 Å². The van der Waals surface area contributed by atoms with Crippen molar-refractivity contribution in [2.45, 2.75) is 26.4 Å². The van der Waals surface area contributed by atoms with Crippen molar-refractivity contribution in [3.05, 3.63) is 96.1 Å². The third-order valence-corrected chi connectivity index (χ3v) is 5.03. The lowest BCUT2D eigenvalue weighted by Crippen LogP contribution is -2.36. The molecule has 0 radical (unpaired) electrons. The quantitative estimate of drug-likeness (QED) is 0.446. The molecular formula is C25H22FN3O. The second kappa shape index (κ2) is 8.41. The average Bonchev–Trinajstić information content (AvgIpc) is 2.77. The number of rotatable bonds is 5. The number of halogens is 1. The lowest BCUT2D eigenvalue weighted by atomic mass is 10.0. The highest BCUT2D eigenvalue weighted by Crippen LogP contribution is 2.27. The Morgan fingerprint density at radius 3 is 2.43 bits per heavy atom. The molecule has 0 aliphatic rings. The van der Waals surface area contributed by atoms with E-state index in [1.807, 2.05) is 56.3 Å². The van der Waals surface area contributed by atoms with E-state index in [-0.39, 0.29) is 17.8 Å². The van der Waals surface area contributed by atoms with E-state index in [1.54, 1.807) is 29.3 Å². The first-order valence-electron chi connectivity index (χ1n) is 9.89. The summed E-state index contributed by atoms with van der Waals surface area (Å²) in [5, 5.41) is 0.792. The Balaban J connectivity index is 1.81. The summed E-state index contributed by atoms with van der Waals surface area (Å²) >= 11 is 0. The molecule has 4 rings (SSSR count). The van der Waals surface area contributed by atoms with Crippen molar-refractivity contribution in [2.75, 3.05) is 0 Å². The van der Waals surface area contributed by atoms with Crippen molar-refractivity contribution in [3.63, 3.8) is 0 Å². The second-order valence-electron chi connectivity index (χ2n) is 7.43. The van der Waals surface area contributed by atoms with Gasteiger partial charge in [0, 0.05) is 23.2 Å². The summed E-state index contributed by atoms with van der Waals surface area (Å²) in [5.41, 5.74) is 3.53. The Bertz CT molecular complexity index is 1170. The molecule has 0 N–H and O–H groups in total. The Labute approximate surface area is 175 Å². The fraction of sp³-hybridized carbons (Fsp3) is 0.160. The van der Waals surface area contributed by atoms with Gasteiger partial charge in [-0.2, -0.15) is 0 Å². The van der Waals surface area contributed by atoms with Crippen molar-refractivity contribution >= 4 is 16.8 Å². The van der Waals surface area contributed by atoms with Gasteiger partial charge in [0.15, 0.2) is 0 Å². The van der Waals surface area contributed by atoms with Crippen molar-refractivity contribution in [2.24, 2.45) is 0 Å².